The number of nitrogens with zero attached hydrogens (tertiary/aromatic N) is 1. The molecule has 0 spiro atoms. The van der Waals surface area contributed by atoms with Crippen molar-refractivity contribution < 1.29 is 33.8 Å². The number of ether oxygens (including phenoxy) is 2. The molecule has 2 atom stereocenters. The number of amides is 3. The van der Waals surface area contributed by atoms with Crippen molar-refractivity contribution >= 4 is 23.9 Å². The first-order valence-corrected chi connectivity index (χ1v) is 10.3. The molecule has 0 radical (unpaired) electrons. The number of hydrogen-bond donors (Lipinski definition) is 3. The highest BCUT2D eigenvalue weighted by atomic mass is 16.6. The van der Waals surface area contributed by atoms with Gasteiger partial charge < -0.3 is 30.1 Å². The maximum Gasteiger partial charge on any atom is 0.408 e. The van der Waals surface area contributed by atoms with Crippen molar-refractivity contribution in [3.63, 3.8) is 0 Å². The van der Waals surface area contributed by atoms with Gasteiger partial charge in [0.25, 0.3) is 0 Å². The summed E-state index contributed by atoms with van der Waals surface area (Å²) in [5, 5.41) is 14.8. The highest BCUT2D eigenvalue weighted by Crippen LogP contribution is 2.27. The van der Waals surface area contributed by atoms with Crippen LogP contribution in [-0.2, 0) is 23.9 Å². The van der Waals surface area contributed by atoms with Gasteiger partial charge in [0.15, 0.2) is 0 Å². The second-order valence-corrected chi connectivity index (χ2v) is 8.21. The average Bonchev–Trinajstić information content (AvgIpc) is 2.71. The fourth-order valence-electron chi connectivity index (χ4n) is 2.86. The van der Waals surface area contributed by atoms with Crippen molar-refractivity contribution in [1.29, 1.82) is 0 Å². The maximum atomic E-state index is 13.1. The summed E-state index contributed by atoms with van der Waals surface area (Å²) in [6.07, 6.45) is -0.253. The summed E-state index contributed by atoms with van der Waals surface area (Å²) in [5.74, 6) is -1.91. The molecule has 0 aliphatic heterocycles. The van der Waals surface area contributed by atoms with Gasteiger partial charge in [0.05, 0.1) is 7.11 Å². The lowest BCUT2D eigenvalue weighted by atomic mass is 10.0. The molecule has 32 heavy (non-hydrogen) atoms. The van der Waals surface area contributed by atoms with E-state index in [2.05, 4.69) is 15.4 Å². The number of esters is 1. The zero-order valence-electron chi connectivity index (χ0n) is 19.4. The maximum absolute atomic E-state index is 13.1. The molecule has 0 aliphatic carbocycles. The van der Waals surface area contributed by atoms with E-state index < -0.39 is 48.1 Å². The third-order valence-corrected chi connectivity index (χ3v) is 4.48. The lowest BCUT2D eigenvalue weighted by Gasteiger charge is -2.36. The van der Waals surface area contributed by atoms with Crippen LogP contribution in [0.5, 0.6) is 5.75 Å². The van der Waals surface area contributed by atoms with Gasteiger partial charge in [-0.05, 0) is 51.8 Å². The predicted molar refractivity (Wildman–Crippen MR) is 117 cm³/mol. The molecule has 2 unspecified atom stereocenters. The van der Waals surface area contributed by atoms with Crippen molar-refractivity contribution in [2.45, 2.75) is 58.7 Å². The van der Waals surface area contributed by atoms with E-state index in [4.69, 9.17) is 4.74 Å². The SMILES string of the molecule is CCC(C)N(C(=O)CNC(=O)OC(C)(C)C)C(C(=O)NCC(=O)OC)c1cccc(O)c1. The minimum atomic E-state index is -1.16. The van der Waals surface area contributed by atoms with E-state index >= 15 is 0 Å². The number of phenolic OH excluding ortho intramolecular Hbond substituents is 1. The van der Waals surface area contributed by atoms with E-state index in [0.717, 1.165) is 0 Å². The van der Waals surface area contributed by atoms with E-state index in [0.29, 0.717) is 12.0 Å². The molecule has 0 saturated heterocycles. The van der Waals surface area contributed by atoms with Gasteiger partial charge in [-0.3, -0.25) is 14.4 Å². The number of nitrogens with one attached hydrogen (secondary N) is 2. The van der Waals surface area contributed by atoms with E-state index in [1.165, 1.54) is 24.1 Å². The monoisotopic (exact) mass is 451 g/mol. The van der Waals surface area contributed by atoms with Crippen LogP contribution in [0.1, 0.15) is 52.6 Å². The Hall–Kier alpha value is -3.30. The molecule has 1 rings (SSSR count). The topological polar surface area (TPSA) is 134 Å². The van der Waals surface area contributed by atoms with Gasteiger partial charge in [-0.1, -0.05) is 19.1 Å². The number of methoxy groups -OCH3 is 1. The molecule has 3 N–H and O–H groups in total. The Kier molecular flexibility index (Phi) is 9.96. The molecular formula is C22H33N3O7. The quantitative estimate of drug-likeness (QED) is 0.488. The Labute approximate surface area is 188 Å². The number of hydrogen-bond acceptors (Lipinski definition) is 7. The normalized spacial score (nSPS) is 12.8. The van der Waals surface area contributed by atoms with Crippen LogP contribution >= 0.6 is 0 Å². The molecule has 0 fully saturated rings. The number of carbonyl (C=O) groups is 4. The second kappa shape index (κ2) is 11.9. The van der Waals surface area contributed by atoms with Crippen molar-refractivity contribution in [1.82, 2.24) is 15.5 Å². The molecule has 0 bridgehead atoms. The largest absolute Gasteiger partial charge is 0.508 e. The first-order chi connectivity index (χ1) is 14.9. The molecule has 10 nitrogen and oxygen atoms in total. The van der Waals surface area contributed by atoms with Crippen molar-refractivity contribution in [2.24, 2.45) is 0 Å². The van der Waals surface area contributed by atoms with Crippen LogP contribution in [0, 0.1) is 0 Å². The minimum absolute atomic E-state index is 0.0864. The van der Waals surface area contributed by atoms with Gasteiger partial charge >= 0.3 is 12.1 Å². The number of alkyl carbamates (subject to hydrolysis) is 1. The van der Waals surface area contributed by atoms with Crippen LogP contribution in [0.3, 0.4) is 0 Å². The van der Waals surface area contributed by atoms with E-state index in [-0.39, 0.29) is 12.3 Å². The van der Waals surface area contributed by atoms with Crippen LogP contribution in [0.2, 0.25) is 0 Å². The van der Waals surface area contributed by atoms with Gasteiger partial charge in [0.1, 0.15) is 30.5 Å². The molecule has 178 valence electrons. The first kappa shape index (κ1) is 26.7. The Morgan fingerprint density at radius 2 is 1.78 bits per heavy atom. The summed E-state index contributed by atoms with van der Waals surface area (Å²) in [4.78, 5) is 51.0. The average molecular weight is 452 g/mol. The minimum Gasteiger partial charge on any atom is -0.508 e. The van der Waals surface area contributed by atoms with Crippen molar-refractivity contribution in [3.05, 3.63) is 29.8 Å². The van der Waals surface area contributed by atoms with Gasteiger partial charge in [-0.2, -0.15) is 0 Å². The Balaban J connectivity index is 3.22. The molecule has 0 saturated carbocycles. The van der Waals surface area contributed by atoms with Gasteiger partial charge in [0, 0.05) is 6.04 Å². The van der Waals surface area contributed by atoms with Crippen LogP contribution in [0.15, 0.2) is 24.3 Å². The second-order valence-electron chi connectivity index (χ2n) is 8.21. The number of phenols is 1. The Bertz CT molecular complexity index is 820. The summed E-state index contributed by atoms with van der Waals surface area (Å²) in [6.45, 7) is 7.91. The zero-order valence-corrected chi connectivity index (χ0v) is 19.4. The van der Waals surface area contributed by atoms with Gasteiger partial charge in [-0.25, -0.2) is 4.79 Å². The smallest absolute Gasteiger partial charge is 0.408 e. The first-order valence-electron chi connectivity index (χ1n) is 10.3. The summed E-state index contributed by atoms with van der Waals surface area (Å²) >= 11 is 0. The Morgan fingerprint density at radius 1 is 1.12 bits per heavy atom. The number of carbonyl (C=O) groups excluding carboxylic acids is 4. The summed E-state index contributed by atoms with van der Waals surface area (Å²) in [5.41, 5.74) is -0.389. The molecule has 1 aromatic rings. The highest BCUT2D eigenvalue weighted by Gasteiger charge is 2.34. The van der Waals surface area contributed by atoms with Crippen LogP contribution in [-0.4, -0.2) is 65.7 Å². The lowest BCUT2D eigenvalue weighted by Crippen LogP contribution is -2.51. The Morgan fingerprint density at radius 3 is 2.31 bits per heavy atom. The number of rotatable bonds is 9. The van der Waals surface area contributed by atoms with Crippen LogP contribution in [0.25, 0.3) is 0 Å². The molecule has 3 amide bonds. The number of aromatic hydroxyl groups is 1. The van der Waals surface area contributed by atoms with Crippen LogP contribution < -0.4 is 10.6 Å². The van der Waals surface area contributed by atoms with Gasteiger partial charge in [-0.15, -0.1) is 0 Å². The molecular weight excluding hydrogens is 418 g/mol. The molecule has 0 aromatic heterocycles. The molecule has 10 heteroatoms. The zero-order chi connectivity index (χ0) is 24.5. The van der Waals surface area contributed by atoms with E-state index in [9.17, 15) is 24.3 Å². The summed E-state index contributed by atoms with van der Waals surface area (Å²) in [6, 6.07) is 4.38. The predicted octanol–water partition coefficient (Wildman–Crippen LogP) is 1.87. The summed E-state index contributed by atoms with van der Waals surface area (Å²) in [7, 11) is 1.19. The highest BCUT2D eigenvalue weighted by molar-refractivity contribution is 5.92. The fraction of sp³-hybridized carbons (Fsp3) is 0.545. The van der Waals surface area contributed by atoms with Crippen molar-refractivity contribution in [2.75, 3.05) is 20.2 Å². The third kappa shape index (κ3) is 8.44. The van der Waals surface area contributed by atoms with Gasteiger partial charge in [0.2, 0.25) is 11.8 Å². The number of benzene rings is 1. The summed E-state index contributed by atoms with van der Waals surface area (Å²) < 4.78 is 9.71. The van der Waals surface area contributed by atoms with E-state index in [1.54, 1.807) is 39.8 Å². The fourth-order valence-corrected chi connectivity index (χ4v) is 2.86. The molecule has 1 aromatic carbocycles. The van der Waals surface area contributed by atoms with Crippen LogP contribution in [0.4, 0.5) is 4.79 Å². The van der Waals surface area contributed by atoms with Crippen molar-refractivity contribution in [3.8, 4) is 5.75 Å². The third-order valence-electron chi connectivity index (χ3n) is 4.48. The van der Waals surface area contributed by atoms with E-state index in [1.807, 2.05) is 6.92 Å². The lowest BCUT2D eigenvalue weighted by molar-refractivity contribution is -0.145. The molecule has 0 aliphatic rings. The molecule has 0 heterocycles. The standard InChI is InChI=1S/C22H33N3O7/c1-7-14(2)25(17(27)12-24-21(30)32-22(3,4)5)19(15-9-8-10-16(26)11-15)20(29)23-13-18(28)31-6/h8-11,14,19,26H,7,12-13H2,1-6H3,(H,23,29)(H,24,30).